The quantitative estimate of drug-likeness (QED) is 0.755. The average molecular weight is 358 g/mol. The number of hydrogen-bond acceptors (Lipinski definition) is 2. The van der Waals surface area contributed by atoms with Gasteiger partial charge in [0.25, 0.3) is 5.91 Å². The molecule has 0 radical (unpaired) electrons. The minimum absolute atomic E-state index is 0.102. The zero-order valence-corrected chi connectivity index (χ0v) is 14.3. The molecule has 2 aromatic carbocycles. The molecule has 6 heteroatoms. The van der Waals surface area contributed by atoms with Gasteiger partial charge in [0.05, 0.1) is 10.7 Å². The van der Waals surface area contributed by atoms with E-state index in [1.807, 2.05) is 24.3 Å². The Morgan fingerprint density at radius 1 is 1.04 bits per heavy atom. The van der Waals surface area contributed by atoms with Gasteiger partial charge in [-0.25, -0.2) is 4.39 Å². The van der Waals surface area contributed by atoms with Crippen LogP contribution in [0.3, 0.4) is 0 Å². The molecule has 0 spiro atoms. The number of amides is 1. The molecule has 0 bridgehead atoms. The van der Waals surface area contributed by atoms with Crippen LogP contribution in [0.1, 0.15) is 10.5 Å². The lowest BCUT2D eigenvalue weighted by molar-refractivity contribution is 0.0742. The number of hydrogen-bond donors (Lipinski definition) is 1. The van der Waals surface area contributed by atoms with E-state index in [4.69, 9.17) is 11.6 Å². The Labute approximate surface area is 149 Å². The van der Waals surface area contributed by atoms with Crippen molar-refractivity contribution in [2.75, 3.05) is 31.1 Å². The minimum atomic E-state index is -0.323. The van der Waals surface area contributed by atoms with Crippen molar-refractivity contribution in [3.05, 3.63) is 65.1 Å². The first-order valence-electron chi connectivity index (χ1n) is 8.19. The first kappa shape index (κ1) is 16.0. The number of anilines is 1. The second-order valence-corrected chi connectivity index (χ2v) is 6.52. The number of fused-ring (bicyclic) bond motifs is 1. The normalized spacial score (nSPS) is 15.0. The predicted molar refractivity (Wildman–Crippen MR) is 97.8 cm³/mol. The van der Waals surface area contributed by atoms with Gasteiger partial charge in [-0.3, -0.25) is 4.79 Å². The number of nitrogens with one attached hydrogen (secondary N) is 1. The maximum absolute atomic E-state index is 13.8. The number of halogens is 2. The first-order chi connectivity index (χ1) is 12.1. The highest BCUT2D eigenvalue weighted by Crippen LogP contribution is 2.26. The van der Waals surface area contributed by atoms with E-state index in [0.717, 1.165) is 5.69 Å². The molecule has 1 fully saturated rings. The van der Waals surface area contributed by atoms with Crippen LogP contribution in [0, 0.1) is 5.82 Å². The smallest absolute Gasteiger partial charge is 0.270 e. The third kappa shape index (κ3) is 2.96. The Morgan fingerprint density at radius 2 is 1.80 bits per heavy atom. The summed E-state index contributed by atoms with van der Waals surface area (Å²) in [5, 5.41) is 1.16. The van der Waals surface area contributed by atoms with Crippen LogP contribution in [0.5, 0.6) is 0 Å². The van der Waals surface area contributed by atoms with Gasteiger partial charge >= 0.3 is 0 Å². The van der Waals surface area contributed by atoms with Gasteiger partial charge in [-0.05, 0) is 30.3 Å². The Balaban J connectivity index is 1.49. The second-order valence-electron chi connectivity index (χ2n) is 6.11. The van der Waals surface area contributed by atoms with Gasteiger partial charge in [-0.2, -0.15) is 0 Å². The number of aromatic nitrogens is 1. The summed E-state index contributed by atoms with van der Waals surface area (Å²) in [4.78, 5) is 19.7. The lowest BCUT2D eigenvalue weighted by Crippen LogP contribution is -2.49. The van der Waals surface area contributed by atoms with Crippen LogP contribution in [-0.2, 0) is 0 Å². The van der Waals surface area contributed by atoms with E-state index in [-0.39, 0.29) is 11.7 Å². The van der Waals surface area contributed by atoms with Crippen molar-refractivity contribution in [3.63, 3.8) is 0 Å². The summed E-state index contributed by atoms with van der Waals surface area (Å²) < 4.78 is 13.8. The molecule has 1 aliphatic rings. The van der Waals surface area contributed by atoms with Crippen LogP contribution >= 0.6 is 11.6 Å². The number of H-pyrrole nitrogens is 1. The second kappa shape index (κ2) is 6.41. The zero-order valence-electron chi connectivity index (χ0n) is 13.5. The summed E-state index contributed by atoms with van der Waals surface area (Å²) in [7, 11) is 0. The molecule has 1 aliphatic heterocycles. The van der Waals surface area contributed by atoms with Crippen molar-refractivity contribution in [1.82, 2.24) is 9.88 Å². The van der Waals surface area contributed by atoms with Crippen LogP contribution in [0.15, 0.2) is 48.5 Å². The van der Waals surface area contributed by atoms with Gasteiger partial charge in [0.2, 0.25) is 0 Å². The number of nitrogens with zero attached hydrogens (tertiary/aromatic N) is 2. The fourth-order valence-electron chi connectivity index (χ4n) is 3.26. The van der Waals surface area contributed by atoms with Crippen molar-refractivity contribution < 1.29 is 9.18 Å². The monoisotopic (exact) mass is 357 g/mol. The molecule has 1 N–H and O–H groups in total. The first-order valence-corrected chi connectivity index (χ1v) is 8.57. The Kier molecular flexibility index (Phi) is 4.09. The van der Waals surface area contributed by atoms with Crippen LogP contribution in [0.2, 0.25) is 5.02 Å². The van der Waals surface area contributed by atoms with E-state index >= 15 is 0 Å². The molecule has 2 heterocycles. The summed E-state index contributed by atoms with van der Waals surface area (Å²) in [6, 6.07) is 14.1. The summed E-state index contributed by atoms with van der Waals surface area (Å²) in [5.41, 5.74) is 2.05. The Morgan fingerprint density at radius 3 is 2.52 bits per heavy atom. The lowest BCUT2D eigenvalue weighted by Gasteiger charge is -2.36. The topological polar surface area (TPSA) is 39.3 Å². The van der Waals surface area contributed by atoms with Crippen molar-refractivity contribution in [1.29, 1.82) is 0 Å². The van der Waals surface area contributed by atoms with Crippen LogP contribution in [0.25, 0.3) is 10.9 Å². The van der Waals surface area contributed by atoms with Gasteiger partial charge in [-0.15, -0.1) is 0 Å². The van der Waals surface area contributed by atoms with Gasteiger partial charge in [0, 0.05) is 37.1 Å². The molecule has 128 valence electrons. The highest BCUT2D eigenvalue weighted by atomic mass is 35.5. The summed E-state index contributed by atoms with van der Waals surface area (Å²) in [6.45, 7) is 2.62. The molecule has 0 unspecified atom stereocenters. The number of carbonyl (C=O) groups is 1. The summed E-state index contributed by atoms with van der Waals surface area (Å²) >= 11 is 6.25. The molecule has 4 rings (SSSR count). The molecule has 1 aromatic heterocycles. The van der Waals surface area contributed by atoms with E-state index < -0.39 is 0 Å². The van der Waals surface area contributed by atoms with Crippen LogP contribution in [-0.4, -0.2) is 42.0 Å². The van der Waals surface area contributed by atoms with Gasteiger partial charge in [-0.1, -0.05) is 29.8 Å². The number of aromatic amines is 1. The number of benzene rings is 2. The van der Waals surface area contributed by atoms with E-state index in [1.54, 1.807) is 23.1 Å². The highest BCUT2D eigenvalue weighted by Gasteiger charge is 2.24. The molecular formula is C19H17ClFN3O. The minimum Gasteiger partial charge on any atom is -0.367 e. The third-order valence-electron chi connectivity index (χ3n) is 4.60. The van der Waals surface area contributed by atoms with E-state index in [2.05, 4.69) is 9.88 Å². The fourth-order valence-corrected chi connectivity index (χ4v) is 3.52. The molecule has 25 heavy (non-hydrogen) atoms. The van der Waals surface area contributed by atoms with E-state index in [1.165, 1.54) is 6.07 Å². The van der Waals surface area contributed by atoms with Crippen LogP contribution in [0.4, 0.5) is 10.1 Å². The van der Waals surface area contributed by atoms with E-state index in [9.17, 15) is 9.18 Å². The molecule has 0 saturated carbocycles. The maximum atomic E-state index is 13.8. The molecule has 1 amide bonds. The summed E-state index contributed by atoms with van der Waals surface area (Å²) in [6.07, 6.45) is 0. The number of rotatable bonds is 2. The molecule has 0 aliphatic carbocycles. The number of para-hydroxylation sites is 1. The summed E-state index contributed by atoms with van der Waals surface area (Å²) in [5.74, 6) is -0.425. The average Bonchev–Trinajstić information content (AvgIpc) is 3.07. The Hall–Kier alpha value is -2.53. The molecular weight excluding hydrogens is 341 g/mol. The van der Waals surface area contributed by atoms with Gasteiger partial charge < -0.3 is 14.8 Å². The Bertz CT molecular complexity index is 931. The van der Waals surface area contributed by atoms with E-state index in [0.29, 0.717) is 47.8 Å². The third-order valence-corrected chi connectivity index (χ3v) is 4.92. The standard InChI is InChI=1S/C19H17ClFN3O/c20-14-4-1-2-7-18(14)23-8-10-24(11-9-23)19(25)17-12-13-15(21)5-3-6-16(13)22-17/h1-7,12,22H,8-11H2. The molecule has 3 aromatic rings. The lowest BCUT2D eigenvalue weighted by atomic mass is 10.2. The maximum Gasteiger partial charge on any atom is 0.270 e. The number of carbonyl (C=O) groups excluding carboxylic acids is 1. The van der Waals surface area contributed by atoms with Crippen LogP contribution < -0.4 is 4.90 Å². The van der Waals surface area contributed by atoms with Crippen molar-refractivity contribution in [3.8, 4) is 0 Å². The van der Waals surface area contributed by atoms with Crippen molar-refractivity contribution in [2.45, 2.75) is 0 Å². The molecule has 4 nitrogen and oxygen atoms in total. The largest absolute Gasteiger partial charge is 0.367 e. The molecule has 1 saturated heterocycles. The van der Waals surface area contributed by atoms with Crippen molar-refractivity contribution in [2.24, 2.45) is 0 Å². The number of piperazine rings is 1. The van der Waals surface area contributed by atoms with Crippen molar-refractivity contribution >= 4 is 34.1 Å². The van der Waals surface area contributed by atoms with Gasteiger partial charge in [0.15, 0.2) is 0 Å². The SMILES string of the molecule is O=C(c1cc2c(F)cccc2[nH]1)N1CCN(c2ccccc2Cl)CC1. The zero-order chi connectivity index (χ0) is 17.4. The predicted octanol–water partition coefficient (Wildman–Crippen LogP) is 3.92. The fraction of sp³-hybridized carbons (Fsp3) is 0.211. The highest BCUT2D eigenvalue weighted by molar-refractivity contribution is 6.33. The molecule has 0 atom stereocenters. The van der Waals surface area contributed by atoms with Gasteiger partial charge in [0.1, 0.15) is 11.5 Å².